The number of sulfonamides is 1. The van der Waals surface area contributed by atoms with Crippen molar-refractivity contribution >= 4 is 53.3 Å². The van der Waals surface area contributed by atoms with E-state index in [1.807, 2.05) is 31.2 Å². The number of aryl methyl sites for hydroxylation is 1. The molecule has 0 aliphatic carbocycles. The van der Waals surface area contributed by atoms with Gasteiger partial charge in [-0.25, -0.2) is 18.4 Å². The maximum absolute atomic E-state index is 14.2. The number of amides is 1. The van der Waals surface area contributed by atoms with Gasteiger partial charge in [0.25, 0.3) is 10.0 Å². The van der Waals surface area contributed by atoms with Gasteiger partial charge in [-0.1, -0.05) is 78.9 Å². The van der Waals surface area contributed by atoms with E-state index >= 15 is 0 Å². The van der Waals surface area contributed by atoms with Crippen LogP contribution in [-0.2, 0) is 31.4 Å². The maximum Gasteiger partial charge on any atom is 0.357 e. The summed E-state index contributed by atoms with van der Waals surface area (Å²) in [5, 5.41) is 1.92. The summed E-state index contributed by atoms with van der Waals surface area (Å²) in [6.45, 7) is 4.04. The molecule has 1 saturated heterocycles. The summed E-state index contributed by atoms with van der Waals surface area (Å²) in [7, 11) is -8.54. The average molecular weight is 722 g/mol. The van der Waals surface area contributed by atoms with Gasteiger partial charge >= 0.3 is 10.1 Å². The monoisotopic (exact) mass is 721 g/mol. The first-order chi connectivity index (χ1) is 24.6. The Kier molecular flexibility index (Phi) is 9.42. The van der Waals surface area contributed by atoms with Crippen LogP contribution in [0.1, 0.15) is 11.1 Å². The number of anilines is 1. The summed E-state index contributed by atoms with van der Waals surface area (Å²) < 4.78 is 62.4. The topological polar surface area (TPSA) is 139 Å². The largest absolute Gasteiger partial charge is 0.378 e. The van der Waals surface area contributed by atoms with E-state index in [0.29, 0.717) is 53.3 Å². The molecule has 260 valence electrons. The molecule has 1 amide bonds. The summed E-state index contributed by atoms with van der Waals surface area (Å²) in [6, 6.07) is 30.5. The predicted molar refractivity (Wildman–Crippen MR) is 196 cm³/mol. The van der Waals surface area contributed by atoms with E-state index in [2.05, 4.69) is 25.7 Å². The molecule has 0 radical (unpaired) electrons. The molecule has 6 aromatic rings. The lowest BCUT2D eigenvalue weighted by atomic mass is 10.0. The predicted octanol–water partition coefficient (Wildman–Crippen LogP) is 5.10. The quantitative estimate of drug-likeness (QED) is 0.192. The molecule has 7 rings (SSSR count). The maximum atomic E-state index is 14.2. The highest BCUT2D eigenvalue weighted by Gasteiger charge is 2.33. The molecule has 1 unspecified atom stereocenters. The van der Waals surface area contributed by atoms with Crippen LogP contribution >= 0.6 is 0 Å². The van der Waals surface area contributed by atoms with Crippen molar-refractivity contribution in [3.63, 3.8) is 0 Å². The first kappa shape index (κ1) is 34.1. The summed E-state index contributed by atoms with van der Waals surface area (Å²) in [6.07, 6.45) is 2.84. The molecule has 1 aliphatic heterocycles. The summed E-state index contributed by atoms with van der Waals surface area (Å²) >= 11 is 0. The fraction of sp³-hybridized carbons (Fsp3) is 0.184. The van der Waals surface area contributed by atoms with Gasteiger partial charge in [-0.2, -0.15) is 13.1 Å². The van der Waals surface area contributed by atoms with Crippen molar-refractivity contribution in [3.8, 4) is 5.75 Å². The van der Waals surface area contributed by atoms with E-state index < -0.39 is 26.2 Å². The molecule has 1 aliphatic rings. The normalized spacial score (nSPS) is 14.5. The third-order valence-corrected chi connectivity index (χ3v) is 11.6. The fourth-order valence-electron chi connectivity index (χ4n) is 6.41. The number of fused-ring (bicyclic) bond motifs is 2. The molecule has 4 aromatic carbocycles. The fourth-order valence-corrected chi connectivity index (χ4v) is 8.84. The second kappa shape index (κ2) is 14.1. The number of carbonyl (C=O) groups excluding carboxylic acids is 1. The molecule has 0 bridgehead atoms. The van der Waals surface area contributed by atoms with Gasteiger partial charge in [0.05, 0.1) is 0 Å². The van der Waals surface area contributed by atoms with Crippen molar-refractivity contribution in [1.29, 1.82) is 0 Å². The number of aromatic nitrogens is 2. The summed E-state index contributed by atoms with van der Waals surface area (Å²) in [5.74, 6) is -0.322. The molecule has 2 aromatic heterocycles. The first-order valence-corrected chi connectivity index (χ1v) is 19.3. The standard InChI is InChI=1S/C38H35N5O6S2/c1-27-8-2-7-13-35(27)42-22-24-43(25-23-42)38(44)34(41-50(45,46)36-32-11-5-3-9-29(32)18-20-39-36)26-28-14-16-31(17-15-28)49-51(47,48)37-33-12-6-4-10-30(33)19-21-40-37/h2-21,34,41H,22-26H2,1H3. The lowest BCUT2D eigenvalue weighted by Gasteiger charge is -2.38. The lowest BCUT2D eigenvalue weighted by molar-refractivity contribution is -0.133. The number of nitrogens with one attached hydrogen (secondary N) is 1. The molecule has 0 spiro atoms. The van der Waals surface area contributed by atoms with Crippen molar-refractivity contribution in [3.05, 3.63) is 133 Å². The van der Waals surface area contributed by atoms with Crippen LogP contribution in [0.2, 0.25) is 0 Å². The van der Waals surface area contributed by atoms with Crippen LogP contribution in [0.25, 0.3) is 21.5 Å². The van der Waals surface area contributed by atoms with E-state index in [4.69, 9.17) is 4.18 Å². The molecule has 1 fully saturated rings. The van der Waals surface area contributed by atoms with E-state index in [9.17, 15) is 21.6 Å². The van der Waals surface area contributed by atoms with Gasteiger partial charge in [-0.05, 0) is 65.6 Å². The molecule has 51 heavy (non-hydrogen) atoms. The second-order valence-corrected chi connectivity index (χ2v) is 15.4. The highest BCUT2D eigenvalue weighted by atomic mass is 32.2. The van der Waals surface area contributed by atoms with Crippen molar-refractivity contribution in [2.24, 2.45) is 0 Å². The van der Waals surface area contributed by atoms with Gasteiger partial charge in [0.1, 0.15) is 11.8 Å². The molecule has 1 N–H and O–H groups in total. The zero-order chi connectivity index (χ0) is 35.6. The summed E-state index contributed by atoms with van der Waals surface area (Å²) in [4.78, 5) is 26.3. The van der Waals surface area contributed by atoms with Crippen LogP contribution in [0.3, 0.4) is 0 Å². The van der Waals surface area contributed by atoms with Crippen LogP contribution < -0.4 is 13.8 Å². The van der Waals surface area contributed by atoms with Crippen LogP contribution in [0.5, 0.6) is 5.75 Å². The average Bonchev–Trinajstić information content (AvgIpc) is 3.14. The number of hydrogen-bond acceptors (Lipinski definition) is 9. The molecular weight excluding hydrogens is 687 g/mol. The Bertz CT molecular complexity index is 2440. The minimum Gasteiger partial charge on any atom is -0.378 e. The van der Waals surface area contributed by atoms with Crippen molar-refractivity contribution in [1.82, 2.24) is 19.6 Å². The molecular formula is C38H35N5O6S2. The Hall–Kier alpha value is -5.37. The van der Waals surface area contributed by atoms with Crippen LogP contribution in [0.15, 0.2) is 132 Å². The van der Waals surface area contributed by atoms with Gasteiger partial charge in [0, 0.05) is 55.0 Å². The Morgan fingerprint density at radius 3 is 1.94 bits per heavy atom. The number of nitrogens with zero attached hydrogens (tertiary/aromatic N) is 4. The lowest BCUT2D eigenvalue weighted by Crippen LogP contribution is -2.55. The number of rotatable bonds is 10. The smallest absolute Gasteiger partial charge is 0.357 e. The Labute approximate surface area is 296 Å². The van der Waals surface area contributed by atoms with Gasteiger partial charge in [0.2, 0.25) is 10.9 Å². The van der Waals surface area contributed by atoms with E-state index in [-0.39, 0.29) is 28.1 Å². The van der Waals surface area contributed by atoms with Crippen molar-refractivity contribution in [2.75, 3.05) is 31.1 Å². The zero-order valence-electron chi connectivity index (χ0n) is 27.7. The van der Waals surface area contributed by atoms with Crippen molar-refractivity contribution in [2.45, 2.75) is 29.4 Å². The molecule has 1 atom stereocenters. The Morgan fingerprint density at radius 2 is 1.29 bits per heavy atom. The van der Waals surface area contributed by atoms with E-state index in [1.165, 1.54) is 24.5 Å². The van der Waals surface area contributed by atoms with Gasteiger partial charge in [-0.3, -0.25) is 4.79 Å². The first-order valence-electron chi connectivity index (χ1n) is 16.4. The molecule has 11 nitrogen and oxygen atoms in total. The third kappa shape index (κ3) is 7.27. The Morgan fingerprint density at radius 1 is 0.725 bits per heavy atom. The molecule has 13 heteroatoms. The van der Waals surface area contributed by atoms with Crippen LogP contribution in [0, 0.1) is 6.92 Å². The van der Waals surface area contributed by atoms with Crippen LogP contribution in [-0.4, -0.2) is 69.8 Å². The number of piperazine rings is 1. The highest BCUT2D eigenvalue weighted by molar-refractivity contribution is 7.89. The number of hydrogen-bond donors (Lipinski definition) is 1. The molecule has 3 heterocycles. The molecule has 0 saturated carbocycles. The number of para-hydroxylation sites is 1. The SMILES string of the molecule is Cc1ccccc1N1CCN(C(=O)C(Cc2ccc(OS(=O)(=O)c3nccc4ccccc34)cc2)NS(=O)(=O)c2nccc3ccccc23)CC1. The number of pyridine rings is 2. The minimum atomic E-state index is -4.28. The number of benzene rings is 4. The Balaban J connectivity index is 1.13. The van der Waals surface area contributed by atoms with E-state index in [1.54, 1.807) is 71.6 Å². The summed E-state index contributed by atoms with van der Waals surface area (Å²) in [5.41, 5.74) is 2.83. The van der Waals surface area contributed by atoms with Crippen molar-refractivity contribution < 1.29 is 25.8 Å². The highest BCUT2D eigenvalue weighted by Crippen LogP contribution is 2.26. The van der Waals surface area contributed by atoms with Gasteiger partial charge < -0.3 is 14.0 Å². The van der Waals surface area contributed by atoms with Crippen LogP contribution in [0.4, 0.5) is 5.69 Å². The zero-order valence-corrected chi connectivity index (χ0v) is 29.3. The number of carbonyl (C=O) groups is 1. The van der Waals surface area contributed by atoms with E-state index in [0.717, 1.165) is 11.3 Å². The minimum absolute atomic E-state index is 0.00124. The second-order valence-electron chi connectivity index (χ2n) is 12.3. The van der Waals surface area contributed by atoms with Gasteiger partial charge in [0.15, 0.2) is 5.03 Å². The van der Waals surface area contributed by atoms with Gasteiger partial charge in [-0.15, -0.1) is 0 Å². The third-order valence-electron chi connectivity index (χ3n) is 8.98.